The summed E-state index contributed by atoms with van der Waals surface area (Å²) in [5.41, 5.74) is 1.95. The largest absolute Gasteiger partial charge is 0.494 e. The topological polar surface area (TPSA) is 77.1 Å². The number of benzene rings is 3. The molecule has 0 atom stereocenters. The molecule has 196 valence electrons. The Kier molecular flexibility index (Phi) is 9.28. The van der Waals surface area contributed by atoms with Crippen molar-refractivity contribution in [3.05, 3.63) is 82.2 Å². The first-order chi connectivity index (χ1) is 18.4. The van der Waals surface area contributed by atoms with E-state index in [-0.39, 0.29) is 29.2 Å². The average molecular weight is 569 g/mol. The highest BCUT2D eigenvalue weighted by atomic mass is 35.5. The summed E-state index contributed by atoms with van der Waals surface area (Å²) >= 11 is 13.2. The number of para-hydroxylation sites is 1. The van der Waals surface area contributed by atoms with Gasteiger partial charge in [0, 0.05) is 5.69 Å². The summed E-state index contributed by atoms with van der Waals surface area (Å²) in [6.07, 6.45) is 1.70. The molecule has 1 fully saturated rings. The van der Waals surface area contributed by atoms with Crippen LogP contribution in [0.1, 0.15) is 19.4 Å². The normalized spacial score (nSPS) is 14.1. The van der Waals surface area contributed by atoms with Crippen LogP contribution in [0.25, 0.3) is 6.08 Å². The summed E-state index contributed by atoms with van der Waals surface area (Å²) < 4.78 is 17.3. The number of nitrogens with one attached hydrogen (secondary N) is 1. The second kappa shape index (κ2) is 12.8. The van der Waals surface area contributed by atoms with E-state index in [0.717, 1.165) is 5.75 Å². The first-order valence-corrected chi connectivity index (χ1v) is 13.4. The number of thioether (sulfide) groups is 1. The quantitative estimate of drug-likeness (QED) is 0.219. The van der Waals surface area contributed by atoms with Gasteiger partial charge in [-0.1, -0.05) is 53.8 Å². The molecule has 10 heteroatoms. The van der Waals surface area contributed by atoms with Gasteiger partial charge in [0.15, 0.2) is 22.4 Å². The minimum Gasteiger partial charge on any atom is -0.494 e. The lowest BCUT2D eigenvalue weighted by molar-refractivity contribution is -0.118. The molecule has 0 unspecified atom stereocenters. The fourth-order valence-electron chi connectivity index (χ4n) is 3.63. The van der Waals surface area contributed by atoms with Crippen molar-refractivity contribution in [2.75, 3.05) is 30.0 Å². The minimum atomic E-state index is -0.336. The Hall–Kier alpha value is -3.53. The van der Waals surface area contributed by atoms with Crippen molar-refractivity contribution in [3.8, 4) is 17.2 Å². The molecule has 3 aromatic carbocycles. The van der Waals surface area contributed by atoms with Gasteiger partial charge in [0.05, 0.1) is 28.8 Å². The highest BCUT2D eigenvalue weighted by Crippen LogP contribution is 2.40. The third-order valence-electron chi connectivity index (χ3n) is 5.23. The summed E-state index contributed by atoms with van der Waals surface area (Å²) in [6, 6.07) is 19.6. The molecule has 1 heterocycles. The van der Waals surface area contributed by atoms with E-state index in [4.69, 9.17) is 38.0 Å². The van der Waals surface area contributed by atoms with Gasteiger partial charge in [0.2, 0.25) is 0 Å². The van der Waals surface area contributed by atoms with Crippen LogP contribution in [0.3, 0.4) is 0 Å². The van der Waals surface area contributed by atoms with Gasteiger partial charge >= 0.3 is 0 Å². The maximum Gasteiger partial charge on any atom is 0.270 e. The number of halogens is 1. The van der Waals surface area contributed by atoms with E-state index in [9.17, 15) is 9.59 Å². The van der Waals surface area contributed by atoms with E-state index in [0.29, 0.717) is 45.1 Å². The molecule has 4 rings (SSSR count). The number of ether oxygens (including phenoxy) is 3. The van der Waals surface area contributed by atoms with Crippen molar-refractivity contribution in [1.82, 2.24) is 0 Å². The fraction of sp³-hybridized carbons (Fsp3) is 0.179. The Morgan fingerprint density at radius 3 is 2.42 bits per heavy atom. The maximum atomic E-state index is 13.2. The molecule has 0 radical (unpaired) electrons. The smallest absolute Gasteiger partial charge is 0.270 e. The van der Waals surface area contributed by atoms with Gasteiger partial charge in [-0.2, -0.15) is 0 Å². The first kappa shape index (κ1) is 27.5. The third-order valence-corrected chi connectivity index (χ3v) is 6.82. The minimum absolute atomic E-state index is 0.240. The molecule has 1 N–H and O–H groups in total. The molecule has 7 nitrogen and oxygen atoms in total. The number of carbonyl (C=O) groups is 2. The van der Waals surface area contributed by atoms with E-state index in [2.05, 4.69) is 5.32 Å². The van der Waals surface area contributed by atoms with E-state index >= 15 is 0 Å². The van der Waals surface area contributed by atoms with E-state index in [1.54, 1.807) is 54.6 Å². The van der Waals surface area contributed by atoms with Gasteiger partial charge in [0.1, 0.15) is 5.75 Å². The van der Waals surface area contributed by atoms with Crippen LogP contribution >= 0.6 is 35.6 Å². The Bertz CT molecular complexity index is 1360. The molecule has 0 aromatic heterocycles. The van der Waals surface area contributed by atoms with Crippen LogP contribution in [0.2, 0.25) is 5.02 Å². The average Bonchev–Trinajstić information content (AvgIpc) is 3.17. The van der Waals surface area contributed by atoms with Gasteiger partial charge in [-0.15, -0.1) is 0 Å². The van der Waals surface area contributed by atoms with Gasteiger partial charge < -0.3 is 19.5 Å². The van der Waals surface area contributed by atoms with Gasteiger partial charge in [-0.3, -0.25) is 14.5 Å². The molecule has 0 aliphatic carbocycles. The molecular formula is C28H25ClN2O5S2. The van der Waals surface area contributed by atoms with Crippen molar-refractivity contribution in [1.29, 1.82) is 0 Å². The molecule has 38 heavy (non-hydrogen) atoms. The number of amides is 2. The predicted molar refractivity (Wildman–Crippen MR) is 156 cm³/mol. The summed E-state index contributed by atoms with van der Waals surface area (Å²) in [7, 11) is 0. The zero-order valence-corrected chi connectivity index (χ0v) is 23.1. The Balaban J connectivity index is 1.51. The van der Waals surface area contributed by atoms with Crippen LogP contribution in [-0.2, 0) is 9.59 Å². The summed E-state index contributed by atoms with van der Waals surface area (Å²) in [4.78, 5) is 27.5. The van der Waals surface area contributed by atoms with E-state index < -0.39 is 0 Å². The zero-order chi connectivity index (χ0) is 27.1. The molecule has 1 saturated heterocycles. The van der Waals surface area contributed by atoms with Gasteiger partial charge in [-0.25, -0.2) is 0 Å². The highest BCUT2D eigenvalue weighted by molar-refractivity contribution is 8.27. The SMILES string of the molecule is CCOc1ccc(N2C(=O)/C(=C/c3cc(Cl)c(OCC(=O)Nc4ccccc4)c(OCC)c3)SC2=S)cc1. The summed E-state index contributed by atoms with van der Waals surface area (Å²) in [5, 5.41) is 3.00. The number of anilines is 2. The second-order valence-corrected chi connectivity index (χ2v) is 9.99. The second-order valence-electron chi connectivity index (χ2n) is 7.91. The lowest BCUT2D eigenvalue weighted by atomic mass is 10.1. The Morgan fingerprint density at radius 2 is 1.74 bits per heavy atom. The standard InChI is InChI=1S/C28H25ClN2O5S2/c1-3-34-21-12-10-20(11-13-21)31-27(33)24(38-28(31)37)16-18-14-22(29)26(23(15-18)35-4-2)36-17-25(32)30-19-8-6-5-7-9-19/h5-16H,3-4,17H2,1-2H3,(H,30,32)/b24-16-. The molecule has 1 aliphatic rings. The Morgan fingerprint density at radius 1 is 1.03 bits per heavy atom. The number of nitrogens with zero attached hydrogens (tertiary/aromatic N) is 1. The molecule has 1 aliphatic heterocycles. The monoisotopic (exact) mass is 568 g/mol. The maximum absolute atomic E-state index is 13.2. The molecular weight excluding hydrogens is 544 g/mol. The lowest BCUT2D eigenvalue weighted by Crippen LogP contribution is -2.27. The van der Waals surface area contributed by atoms with E-state index in [1.807, 2.05) is 32.0 Å². The van der Waals surface area contributed by atoms with Gasteiger partial charge in [0.25, 0.3) is 11.8 Å². The number of carbonyl (C=O) groups excluding carboxylic acids is 2. The van der Waals surface area contributed by atoms with Crippen LogP contribution in [-0.4, -0.2) is 36.0 Å². The first-order valence-electron chi connectivity index (χ1n) is 11.8. The predicted octanol–water partition coefficient (Wildman–Crippen LogP) is 6.56. The number of hydrogen-bond donors (Lipinski definition) is 1. The van der Waals surface area contributed by atoms with Crippen LogP contribution < -0.4 is 24.4 Å². The van der Waals surface area contributed by atoms with Crippen LogP contribution in [0.5, 0.6) is 17.2 Å². The third kappa shape index (κ3) is 6.66. The van der Waals surface area contributed by atoms with Crippen molar-refractivity contribution in [2.45, 2.75) is 13.8 Å². The van der Waals surface area contributed by atoms with Crippen LogP contribution in [0.15, 0.2) is 71.6 Å². The Labute approximate surface area is 235 Å². The number of rotatable bonds is 10. The molecule has 3 aromatic rings. The van der Waals surface area contributed by atoms with Crippen molar-refractivity contribution < 1.29 is 23.8 Å². The zero-order valence-electron chi connectivity index (χ0n) is 20.7. The highest BCUT2D eigenvalue weighted by Gasteiger charge is 2.33. The lowest BCUT2D eigenvalue weighted by Gasteiger charge is -2.15. The van der Waals surface area contributed by atoms with Crippen molar-refractivity contribution >= 4 is 69.2 Å². The molecule has 0 bridgehead atoms. The van der Waals surface area contributed by atoms with Crippen molar-refractivity contribution in [3.63, 3.8) is 0 Å². The molecule has 2 amide bonds. The van der Waals surface area contributed by atoms with Gasteiger partial charge in [-0.05, 0) is 74.0 Å². The number of hydrogen-bond acceptors (Lipinski definition) is 7. The summed E-state index contributed by atoms with van der Waals surface area (Å²) in [6.45, 7) is 4.39. The van der Waals surface area contributed by atoms with E-state index in [1.165, 1.54) is 16.7 Å². The molecule has 0 saturated carbocycles. The van der Waals surface area contributed by atoms with Crippen LogP contribution in [0, 0.1) is 0 Å². The summed E-state index contributed by atoms with van der Waals surface area (Å²) in [5.74, 6) is 0.750. The van der Waals surface area contributed by atoms with Crippen LogP contribution in [0.4, 0.5) is 11.4 Å². The fourth-order valence-corrected chi connectivity index (χ4v) is 5.20. The molecule has 0 spiro atoms. The number of thiocarbonyl (C=S) groups is 1. The van der Waals surface area contributed by atoms with Crippen molar-refractivity contribution in [2.24, 2.45) is 0 Å².